The number of thiazole rings is 1. The first-order valence-electron chi connectivity index (χ1n) is 3.81. The van der Waals surface area contributed by atoms with Crippen LogP contribution in [0.4, 0.5) is 0 Å². The van der Waals surface area contributed by atoms with Crippen LogP contribution in [-0.4, -0.2) is 22.6 Å². The zero-order valence-electron chi connectivity index (χ0n) is 7.29. The zero-order valence-corrected chi connectivity index (χ0v) is 8.86. The van der Waals surface area contributed by atoms with Crippen LogP contribution in [0.5, 0.6) is 0 Å². The van der Waals surface area contributed by atoms with Crippen LogP contribution >= 0.6 is 22.9 Å². The van der Waals surface area contributed by atoms with E-state index in [1.54, 1.807) is 5.38 Å². The highest BCUT2D eigenvalue weighted by Crippen LogP contribution is 2.09. The second-order valence-corrected chi connectivity index (χ2v) is 3.96. The van der Waals surface area contributed by atoms with Gasteiger partial charge in [-0.15, -0.1) is 11.3 Å². The van der Waals surface area contributed by atoms with Crippen LogP contribution in [0.1, 0.15) is 15.5 Å². The van der Waals surface area contributed by atoms with E-state index in [9.17, 15) is 4.79 Å². The minimum Gasteiger partial charge on any atom is -0.476 e. The molecule has 0 aromatic carbocycles. The highest BCUT2D eigenvalue weighted by atomic mass is 35.5. The molecule has 6 heteroatoms. The monoisotopic (exact) mass is 232 g/mol. The lowest BCUT2D eigenvalue weighted by Gasteiger charge is -1.98. The van der Waals surface area contributed by atoms with Crippen molar-refractivity contribution in [3.05, 3.63) is 27.7 Å². The molecule has 0 aliphatic carbocycles. The Morgan fingerprint density at radius 1 is 1.79 bits per heavy atom. The van der Waals surface area contributed by atoms with Crippen molar-refractivity contribution in [3.8, 4) is 0 Å². The van der Waals surface area contributed by atoms with Crippen LogP contribution in [0.15, 0.2) is 17.0 Å². The fourth-order valence-corrected chi connectivity index (χ4v) is 1.56. The van der Waals surface area contributed by atoms with Gasteiger partial charge in [-0.25, -0.2) is 9.78 Å². The van der Waals surface area contributed by atoms with Gasteiger partial charge in [-0.3, -0.25) is 0 Å². The summed E-state index contributed by atoms with van der Waals surface area (Å²) < 4.78 is 0. The number of nitrogens with one attached hydrogen (secondary N) is 1. The first-order valence-corrected chi connectivity index (χ1v) is 5.07. The maximum Gasteiger partial charge on any atom is 0.365 e. The number of hydrogen-bond donors (Lipinski definition) is 2. The van der Waals surface area contributed by atoms with E-state index in [1.807, 2.05) is 0 Å². The smallest absolute Gasteiger partial charge is 0.365 e. The average molecular weight is 233 g/mol. The van der Waals surface area contributed by atoms with Crippen molar-refractivity contribution in [2.75, 3.05) is 6.54 Å². The van der Waals surface area contributed by atoms with Crippen molar-refractivity contribution >= 4 is 28.9 Å². The minimum absolute atomic E-state index is 0.103. The number of hydrogen-bond acceptors (Lipinski definition) is 4. The van der Waals surface area contributed by atoms with Crippen LogP contribution in [-0.2, 0) is 6.54 Å². The fourth-order valence-electron chi connectivity index (χ4n) is 0.813. The Hall–Kier alpha value is -0.910. The number of nitrogens with zero attached hydrogens (tertiary/aromatic N) is 1. The summed E-state index contributed by atoms with van der Waals surface area (Å²) in [5.41, 5.74) is 0.699. The average Bonchev–Trinajstić information content (AvgIpc) is 2.52. The molecular weight excluding hydrogens is 224 g/mol. The van der Waals surface area contributed by atoms with Crippen molar-refractivity contribution in [2.24, 2.45) is 0 Å². The van der Waals surface area contributed by atoms with E-state index in [4.69, 9.17) is 16.7 Å². The molecule has 0 atom stereocenters. The van der Waals surface area contributed by atoms with Gasteiger partial charge in [0, 0.05) is 23.5 Å². The number of carbonyl (C=O) groups is 1. The summed E-state index contributed by atoms with van der Waals surface area (Å²) in [4.78, 5) is 14.4. The molecule has 1 aromatic heterocycles. The van der Waals surface area contributed by atoms with Crippen LogP contribution in [0.2, 0.25) is 0 Å². The van der Waals surface area contributed by atoms with Gasteiger partial charge in [0.15, 0.2) is 0 Å². The fraction of sp³-hybridized carbons (Fsp3) is 0.250. The standard InChI is InChI=1S/C8H9ClN2O2S/c1-5(9)2-10-3-6-4-14-7(11-6)8(12)13/h4,10H,1-3H2,(H,12,13). The Labute approximate surface area is 90.2 Å². The van der Waals surface area contributed by atoms with Crippen molar-refractivity contribution in [1.82, 2.24) is 10.3 Å². The zero-order chi connectivity index (χ0) is 10.6. The van der Waals surface area contributed by atoms with Gasteiger partial charge in [-0.2, -0.15) is 0 Å². The van der Waals surface area contributed by atoms with Crippen molar-refractivity contribution in [1.29, 1.82) is 0 Å². The van der Waals surface area contributed by atoms with Gasteiger partial charge in [-0.1, -0.05) is 18.2 Å². The third-order valence-electron chi connectivity index (χ3n) is 1.36. The van der Waals surface area contributed by atoms with E-state index < -0.39 is 5.97 Å². The molecule has 76 valence electrons. The summed E-state index contributed by atoms with van der Waals surface area (Å²) in [6.07, 6.45) is 0. The second-order valence-electron chi connectivity index (χ2n) is 2.57. The molecule has 1 rings (SSSR count). The Balaban J connectivity index is 2.44. The molecule has 0 saturated heterocycles. The van der Waals surface area contributed by atoms with Crippen molar-refractivity contribution < 1.29 is 9.90 Å². The van der Waals surface area contributed by atoms with Crippen molar-refractivity contribution in [3.63, 3.8) is 0 Å². The summed E-state index contributed by atoms with van der Waals surface area (Å²) in [5.74, 6) is -0.997. The summed E-state index contributed by atoms with van der Waals surface area (Å²) in [6, 6.07) is 0. The lowest BCUT2D eigenvalue weighted by Crippen LogP contribution is -2.14. The summed E-state index contributed by atoms with van der Waals surface area (Å²) >= 11 is 6.64. The van der Waals surface area contributed by atoms with Crippen molar-refractivity contribution in [2.45, 2.75) is 6.54 Å². The van der Waals surface area contributed by atoms with Gasteiger partial charge in [-0.05, 0) is 0 Å². The molecule has 0 amide bonds. The number of carboxylic acid groups (broad SMARTS) is 1. The minimum atomic E-state index is -0.997. The molecular formula is C8H9ClN2O2S. The number of rotatable bonds is 5. The lowest BCUT2D eigenvalue weighted by atomic mass is 10.4. The Kier molecular flexibility index (Phi) is 4.06. The number of halogens is 1. The van der Waals surface area contributed by atoms with E-state index in [0.717, 1.165) is 11.3 Å². The van der Waals surface area contributed by atoms with E-state index >= 15 is 0 Å². The first kappa shape index (κ1) is 11.2. The quantitative estimate of drug-likeness (QED) is 0.811. The van der Waals surface area contributed by atoms with Gasteiger partial charge < -0.3 is 10.4 Å². The summed E-state index contributed by atoms with van der Waals surface area (Å²) in [5, 5.41) is 13.9. The molecule has 0 spiro atoms. The molecule has 0 aliphatic rings. The Bertz CT molecular complexity index is 351. The molecule has 0 aliphatic heterocycles. The number of carboxylic acids is 1. The molecule has 0 fully saturated rings. The number of aromatic nitrogens is 1. The van der Waals surface area contributed by atoms with Gasteiger partial charge in [0.05, 0.1) is 5.69 Å². The van der Waals surface area contributed by atoms with Crippen LogP contribution in [0.3, 0.4) is 0 Å². The SMILES string of the molecule is C=C(Cl)CNCc1csc(C(=O)O)n1. The van der Waals surface area contributed by atoms with E-state index in [0.29, 0.717) is 23.8 Å². The Morgan fingerprint density at radius 2 is 2.50 bits per heavy atom. The predicted octanol–water partition coefficient (Wildman–Crippen LogP) is 1.68. The topological polar surface area (TPSA) is 62.2 Å². The van der Waals surface area contributed by atoms with Gasteiger partial charge in [0.25, 0.3) is 0 Å². The third-order valence-corrected chi connectivity index (χ3v) is 2.37. The molecule has 1 heterocycles. The largest absolute Gasteiger partial charge is 0.476 e. The molecule has 14 heavy (non-hydrogen) atoms. The molecule has 0 saturated carbocycles. The summed E-state index contributed by atoms with van der Waals surface area (Å²) in [6.45, 7) is 4.49. The van der Waals surface area contributed by atoms with E-state index in [1.165, 1.54) is 0 Å². The van der Waals surface area contributed by atoms with Crippen LogP contribution in [0.25, 0.3) is 0 Å². The van der Waals surface area contributed by atoms with E-state index in [2.05, 4.69) is 16.9 Å². The lowest BCUT2D eigenvalue weighted by molar-refractivity contribution is 0.0696. The maximum absolute atomic E-state index is 10.5. The Morgan fingerprint density at radius 3 is 3.00 bits per heavy atom. The molecule has 2 N–H and O–H groups in total. The van der Waals surface area contributed by atoms with Gasteiger partial charge in [0.1, 0.15) is 0 Å². The molecule has 4 nitrogen and oxygen atoms in total. The molecule has 0 unspecified atom stereocenters. The summed E-state index contributed by atoms with van der Waals surface area (Å²) in [7, 11) is 0. The number of aromatic carboxylic acids is 1. The molecule has 1 aromatic rings. The maximum atomic E-state index is 10.5. The van der Waals surface area contributed by atoms with Crippen LogP contribution in [0, 0.1) is 0 Å². The molecule has 0 bridgehead atoms. The molecule has 0 radical (unpaired) electrons. The van der Waals surface area contributed by atoms with Gasteiger partial charge in [0.2, 0.25) is 5.01 Å². The highest BCUT2D eigenvalue weighted by molar-refractivity contribution is 7.11. The normalized spacial score (nSPS) is 10.1. The third kappa shape index (κ3) is 3.45. The van der Waals surface area contributed by atoms with E-state index in [-0.39, 0.29) is 5.01 Å². The van der Waals surface area contributed by atoms with Gasteiger partial charge >= 0.3 is 5.97 Å². The second kappa shape index (κ2) is 5.09. The highest BCUT2D eigenvalue weighted by Gasteiger charge is 2.07. The first-order chi connectivity index (χ1) is 6.59. The van der Waals surface area contributed by atoms with Crippen LogP contribution < -0.4 is 5.32 Å². The predicted molar refractivity (Wildman–Crippen MR) is 55.8 cm³/mol.